The van der Waals surface area contributed by atoms with Crippen molar-refractivity contribution < 1.29 is 9.53 Å². The number of hydrogen-bond acceptors (Lipinski definition) is 2. The summed E-state index contributed by atoms with van der Waals surface area (Å²) < 4.78 is 5.14. The van der Waals surface area contributed by atoms with Crippen LogP contribution in [0.3, 0.4) is 0 Å². The monoisotopic (exact) mass is 202 g/mol. The minimum atomic E-state index is 0.0870. The number of ketones is 1. The van der Waals surface area contributed by atoms with Gasteiger partial charge >= 0.3 is 0 Å². The fourth-order valence-corrected chi connectivity index (χ4v) is 1.91. The Bertz CT molecular complexity index is 407. The summed E-state index contributed by atoms with van der Waals surface area (Å²) in [7, 11) is 1.64. The van der Waals surface area contributed by atoms with E-state index >= 15 is 0 Å². The number of benzene rings is 1. The van der Waals surface area contributed by atoms with E-state index in [1.165, 1.54) is 0 Å². The molecule has 0 heterocycles. The van der Waals surface area contributed by atoms with E-state index in [4.69, 9.17) is 4.74 Å². The lowest BCUT2D eigenvalue weighted by Crippen LogP contribution is -2.23. The van der Waals surface area contributed by atoms with Gasteiger partial charge in [0.2, 0.25) is 0 Å². The highest BCUT2D eigenvalue weighted by molar-refractivity contribution is 5.92. The van der Waals surface area contributed by atoms with Crippen LogP contribution in [0.25, 0.3) is 6.08 Å². The van der Waals surface area contributed by atoms with Gasteiger partial charge in [0.25, 0.3) is 0 Å². The Hall–Kier alpha value is -1.57. The molecule has 0 spiro atoms. The summed E-state index contributed by atoms with van der Waals surface area (Å²) in [6.07, 6.45) is 3.46. The lowest BCUT2D eigenvalue weighted by molar-refractivity contribution is -0.125. The molecule has 0 bridgehead atoms. The van der Waals surface area contributed by atoms with Crippen molar-refractivity contribution in [1.82, 2.24) is 0 Å². The lowest BCUT2D eigenvalue weighted by Gasteiger charge is -2.26. The van der Waals surface area contributed by atoms with Crippen molar-refractivity contribution >= 4 is 11.9 Å². The molecule has 2 rings (SSSR count). The molecule has 1 fully saturated rings. The molecule has 2 nitrogen and oxygen atoms in total. The Balaban J connectivity index is 2.38. The van der Waals surface area contributed by atoms with Crippen molar-refractivity contribution in [3.63, 3.8) is 0 Å². The molecule has 1 aliphatic rings. The summed E-state index contributed by atoms with van der Waals surface area (Å²) in [5.41, 5.74) is 2.09. The maximum Gasteiger partial charge on any atom is 0.140 e. The van der Waals surface area contributed by atoms with Crippen LogP contribution in [0.2, 0.25) is 0 Å². The highest BCUT2D eigenvalue weighted by Crippen LogP contribution is 2.36. The normalized spacial score (nSPS) is 19.5. The van der Waals surface area contributed by atoms with Gasteiger partial charge in [-0.3, -0.25) is 4.79 Å². The van der Waals surface area contributed by atoms with E-state index in [1.807, 2.05) is 18.2 Å². The molecule has 1 unspecified atom stereocenters. The quantitative estimate of drug-likeness (QED) is 0.753. The molecule has 0 radical (unpaired) electrons. The highest BCUT2D eigenvalue weighted by atomic mass is 16.5. The first-order valence-corrected chi connectivity index (χ1v) is 5.09. The first-order valence-electron chi connectivity index (χ1n) is 5.09. The zero-order valence-corrected chi connectivity index (χ0v) is 8.82. The Kier molecular flexibility index (Phi) is 2.58. The zero-order chi connectivity index (χ0) is 10.8. The Morgan fingerprint density at radius 2 is 2.33 bits per heavy atom. The summed E-state index contributed by atoms with van der Waals surface area (Å²) in [6.45, 7) is 3.77. The summed E-state index contributed by atoms with van der Waals surface area (Å²) in [5, 5.41) is 0. The van der Waals surface area contributed by atoms with Gasteiger partial charge in [-0.2, -0.15) is 0 Å². The second kappa shape index (κ2) is 3.89. The van der Waals surface area contributed by atoms with Crippen molar-refractivity contribution in [1.29, 1.82) is 0 Å². The Morgan fingerprint density at radius 3 is 2.80 bits per heavy atom. The Labute approximate surface area is 89.6 Å². The summed E-state index contributed by atoms with van der Waals surface area (Å²) in [4.78, 5) is 11.4. The number of carbonyl (C=O) groups excluding carboxylic acids is 1. The minimum Gasteiger partial charge on any atom is -0.497 e. The van der Waals surface area contributed by atoms with Crippen LogP contribution in [0.1, 0.15) is 29.9 Å². The van der Waals surface area contributed by atoms with Gasteiger partial charge in [-0.15, -0.1) is 0 Å². The molecule has 0 amide bonds. The van der Waals surface area contributed by atoms with Crippen LogP contribution in [0.15, 0.2) is 24.8 Å². The van der Waals surface area contributed by atoms with Crippen LogP contribution >= 0.6 is 0 Å². The van der Waals surface area contributed by atoms with E-state index < -0.39 is 0 Å². The number of carbonyl (C=O) groups is 1. The maximum atomic E-state index is 11.4. The molecule has 78 valence electrons. The van der Waals surface area contributed by atoms with Crippen molar-refractivity contribution in [2.24, 2.45) is 0 Å². The van der Waals surface area contributed by atoms with Gasteiger partial charge in [-0.1, -0.05) is 18.7 Å². The maximum absolute atomic E-state index is 11.4. The number of ether oxygens (including phenoxy) is 1. The van der Waals surface area contributed by atoms with Crippen LogP contribution in [-0.2, 0) is 4.79 Å². The zero-order valence-electron chi connectivity index (χ0n) is 8.82. The first-order chi connectivity index (χ1) is 7.26. The summed E-state index contributed by atoms with van der Waals surface area (Å²) in [5.74, 6) is 1.23. The smallest absolute Gasteiger partial charge is 0.140 e. The van der Waals surface area contributed by atoms with E-state index in [0.29, 0.717) is 12.2 Å². The Morgan fingerprint density at radius 1 is 1.53 bits per heavy atom. The highest BCUT2D eigenvalue weighted by Gasteiger charge is 2.30. The molecule has 2 heteroatoms. The molecular weight excluding hydrogens is 188 g/mol. The first kappa shape index (κ1) is 9.97. The average Bonchev–Trinajstić information content (AvgIpc) is 2.27. The fraction of sp³-hybridized carbons (Fsp3) is 0.308. The van der Waals surface area contributed by atoms with Gasteiger partial charge in [0, 0.05) is 12.3 Å². The van der Waals surface area contributed by atoms with E-state index in [2.05, 4.69) is 6.58 Å². The largest absolute Gasteiger partial charge is 0.497 e. The molecule has 1 atom stereocenters. The third kappa shape index (κ3) is 1.67. The molecule has 1 aromatic carbocycles. The van der Waals surface area contributed by atoms with Gasteiger partial charge < -0.3 is 4.74 Å². The topological polar surface area (TPSA) is 26.3 Å². The van der Waals surface area contributed by atoms with Gasteiger partial charge in [-0.25, -0.2) is 0 Å². The van der Waals surface area contributed by atoms with E-state index in [9.17, 15) is 4.79 Å². The van der Waals surface area contributed by atoms with E-state index in [1.54, 1.807) is 13.2 Å². The molecule has 15 heavy (non-hydrogen) atoms. The van der Waals surface area contributed by atoms with Crippen LogP contribution in [-0.4, -0.2) is 12.9 Å². The molecule has 0 aromatic heterocycles. The second-order valence-electron chi connectivity index (χ2n) is 3.76. The standard InChI is InChI=1S/C13H14O2/c1-3-9-8-10(15-2)4-5-11(9)12-6-7-13(12)14/h3-5,8,12H,1,6-7H2,2H3. The molecule has 0 saturated heterocycles. The number of hydrogen-bond donors (Lipinski definition) is 0. The van der Waals surface area contributed by atoms with Crippen LogP contribution < -0.4 is 4.74 Å². The van der Waals surface area contributed by atoms with Crippen molar-refractivity contribution in [2.75, 3.05) is 7.11 Å². The number of Topliss-reactive ketones (excluding diaryl/α,β-unsaturated/α-hetero) is 1. The van der Waals surface area contributed by atoms with Gasteiger partial charge in [0.05, 0.1) is 7.11 Å². The second-order valence-corrected chi connectivity index (χ2v) is 3.76. The average molecular weight is 202 g/mol. The van der Waals surface area contributed by atoms with E-state index in [-0.39, 0.29) is 5.92 Å². The van der Waals surface area contributed by atoms with Gasteiger partial charge in [0.1, 0.15) is 11.5 Å². The summed E-state index contributed by atoms with van der Waals surface area (Å²) in [6, 6.07) is 5.79. The van der Waals surface area contributed by atoms with Gasteiger partial charge in [-0.05, 0) is 29.7 Å². The van der Waals surface area contributed by atoms with Crippen LogP contribution in [0.4, 0.5) is 0 Å². The SMILES string of the molecule is C=Cc1cc(OC)ccc1C1CCC1=O. The predicted molar refractivity (Wildman–Crippen MR) is 60.1 cm³/mol. The molecule has 0 N–H and O–H groups in total. The number of rotatable bonds is 3. The lowest BCUT2D eigenvalue weighted by atomic mass is 9.77. The number of methoxy groups -OCH3 is 1. The molecule has 1 saturated carbocycles. The fourth-order valence-electron chi connectivity index (χ4n) is 1.91. The molecule has 0 aliphatic heterocycles. The van der Waals surface area contributed by atoms with Crippen molar-refractivity contribution in [3.8, 4) is 5.75 Å². The van der Waals surface area contributed by atoms with Crippen molar-refractivity contribution in [3.05, 3.63) is 35.9 Å². The van der Waals surface area contributed by atoms with Gasteiger partial charge in [0.15, 0.2) is 0 Å². The van der Waals surface area contributed by atoms with Crippen LogP contribution in [0, 0.1) is 0 Å². The third-order valence-electron chi connectivity index (χ3n) is 2.96. The van der Waals surface area contributed by atoms with E-state index in [0.717, 1.165) is 23.3 Å². The minimum absolute atomic E-state index is 0.0870. The molecule has 1 aromatic rings. The predicted octanol–water partition coefficient (Wildman–Crippen LogP) is 2.78. The summed E-state index contributed by atoms with van der Waals surface area (Å²) >= 11 is 0. The van der Waals surface area contributed by atoms with Crippen molar-refractivity contribution in [2.45, 2.75) is 18.8 Å². The third-order valence-corrected chi connectivity index (χ3v) is 2.96. The van der Waals surface area contributed by atoms with Crippen LogP contribution in [0.5, 0.6) is 5.75 Å². The molecular formula is C13H14O2. The molecule has 1 aliphatic carbocycles.